The van der Waals surface area contributed by atoms with E-state index in [4.69, 9.17) is 11.5 Å². The molecule has 0 atom stereocenters. The first-order valence-corrected chi connectivity index (χ1v) is 8.17. The van der Waals surface area contributed by atoms with Crippen LogP contribution in [0.4, 0.5) is 0 Å². The molecular formula is C16H36N2. The highest BCUT2D eigenvalue weighted by Gasteiger charge is 2.21. The summed E-state index contributed by atoms with van der Waals surface area (Å²) in [5, 5.41) is 0. The van der Waals surface area contributed by atoms with E-state index in [2.05, 4.69) is 13.8 Å². The van der Waals surface area contributed by atoms with E-state index in [1.807, 2.05) is 0 Å². The molecule has 0 fully saturated rings. The molecule has 2 nitrogen and oxygen atoms in total. The van der Waals surface area contributed by atoms with E-state index < -0.39 is 0 Å². The molecule has 0 aliphatic rings. The first-order valence-electron chi connectivity index (χ1n) is 8.17. The van der Waals surface area contributed by atoms with Crippen LogP contribution < -0.4 is 11.5 Å². The number of unbranched alkanes of at least 4 members (excludes halogenated alkanes) is 8. The van der Waals surface area contributed by atoms with E-state index in [1.54, 1.807) is 0 Å². The molecule has 0 radical (unpaired) electrons. The van der Waals surface area contributed by atoms with Crippen molar-refractivity contribution < 1.29 is 0 Å². The summed E-state index contributed by atoms with van der Waals surface area (Å²) in [6, 6.07) is 0. The van der Waals surface area contributed by atoms with Gasteiger partial charge >= 0.3 is 0 Å². The summed E-state index contributed by atoms with van der Waals surface area (Å²) in [5.41, 5.74) is 12.2. The maximum atomic E-state index is 6.40. The van der Waals surface area contributed by atoms with E-state index >= 15 is 0 Å². The fraction of sp³-hybridized carbons (Fsp3) is 1.00. The zero-order chi connectivity index (χ0) is 13.7. The van der Waals surface area contributed by atoms with Gasteiger partial charge in [-0.15, -0.1) is 0 Å². The second-order valence-corrected chi connectivity index (χ2v) is 5.89. The molecule has 0 saturated carbocycles. The van der Waals surface area contributed by atoms with Gasteiger partial charge in [-0.3, -0.25) is 0 Å². The molecule has 0 aliphatic carbocycles. The van der Waals surface area contributed by atoms with Crippen molar-refractivity contribution >= 4 is 0 Å². The van der Waals surface area contributed by atoms with E-state index in [-0.39, 0.29) is 5.54 Å². The molecule has 0 saturated heterocycles. The Labute approximate surface area is 115 Å². The minimum atomic E-state index is -0.0849. The maximum absolute atomic E-state index is 6.40. The average Bonchev–Trinajstić information content (AvgIpc) is 2.38. The predicted octanol–water partition coefficient (Wildman–Crippen LogP) is 4.36. The van der Waals surface area contributed by atoms with Gasteiger partial charge in [0, 0.05) is 12.1 Å². The summed E-state index contributed by atoms with van der Waals surface area (Å²) < 4.78 is 0. The molecule has 0 aliphatic heterocycles. The van der Waals surface area contributed by atoms with Crippen LogP contribution in [0.3, 0.4) is 0 Å². The minimum absolute atomic E-state index is 0.0849. The molecule has 18 heavy (non-hydrogen) atoms. The van der Waals surface area contributed by atoms with Crippen LogP contribution in [0.25, 0.3) is 0 Å². The third-order valence-corrected chi connectivity index (χ3v) is 3.96. The fourth-order valence-electron chi connectivity index (χ4n) is 2.49. The van der Waals surface area contributed by atoms with Gasteiger partial charge in [-0.25, -0.2) is 0 Å². The van der Waals surface area contributed by atoms with Crippen molar-refractivity contribution in [1.82, 2.24) is 0 Å². The van der Waals surface area contributed by atoms with Gasteiger partial charge < -0.3 is 11.5 Å². The second kappa shape index (κ2) is 12.0. The van der Waals surface area contributed by atoms with E-state index in [9.17, 15) is 0 Å². The second-order valence-electron chi connectivity index (χ2n) is 5.89. The molecule has 110 valence electrons. The van der Waals surface area contributed by atoms with Gasteiger partial charge in [-0.05, 0) is 12.8 Å². The van der Waals surface area contributed by atoms with Gasteiger partial charge in [0.15, 0.2) is 0 Å². The summed E-state index contributed by atoms with van der Waals surface area (Å²) in [7, 11) is 0. The fourth-order valence-corrected chi connectivity index (χ4v) is 2.49. The molecule has 0 aromatic rings. The van der Waals surface area contributed by atoms with Crippen molar-refractivity contribution in [2.24, 2.45) is 11.5 Å². The van der Waals surface area contributed by atoms with E-state index in [0.717, 1.165) is 12.8 Å². The molecule has 0 aromatic carbocycles. The van der Waals surface area contributed by atoms with Crippen LogP contribution in [0.5, 0.6) is 0 Å². The van der Waals surface area contributed by atoms with Gasteiger partial charge in [0.1, 0.15) is 0 Å². The molecule has 0 spiro atoms. The third-order valence-electron chi connectivity index (χ3n) is 3.96. The highest BCUT2D eigenvalue weighted by molar-refractivity contribution is 4.84. The monoisotopic (exact) mass is 256 g/mol. The lowest BCUT2D eigenvalue weighted by molar-refractivity contribution is 0.343. The van der Waals surface area contributed by atoms with E-state index in [1.165, 1.54) is 64.2 Å². The van der Waals surface area contributed by atoms with Crippen molar-refractivity contribution in [1.29, 1.82) is 0 Å². The summed E-state index contributed by atoms with van der Waals surface area (Å²) in [5.74, 6) is 0. The summed E-state index contributed by atoms with van der Waals surface area (Å²) >= 11 is 0. The molecule has 2 heteroatoms. The van der Waals surface area contributed by atoms with Gasteiger partial charge in [0.25, 0.3) is 0 Å². The predicted molar refractivity (Wildman–Crippen MR) is 82.7 cm³/mol. The number of nitrogens with two attached hydrogens (primary N) is 2. The Morgan fingerprint density at radius 1 is 0.667 bits per heavy atom. The first kappa shape index (κ1) is 17.9. The standard InChI is InChI=1S/C16H36N2/c1-3-5-7-9-11-13-16(18,15-17)14-12-10-8-6-4-2/h3-15,17-18H2,1-2H3. The molecule has 0 heterocycles. The van der Waals surface area contributed by atoms with Gasteiger partial charge in [-0.2, -0.15) is 0 Å². The van der Waals surface area contributed by atoms with Crippen LogP contribution in [0, 0.1) is 0 Å². The zero-order valence-electron chi connectivity index (χ0n) is 12.8. The van der Waals surface area contributed by atoms with Gasteiger partial charge in [0.2, 0.25) is 0 Å². The van der Waals surface area contributed by atoms with Crippen molar-refractivity contribution in [3.8, 4) is 0 Å². The maximum Gasteiger partial charge on any atom is 0.0278 e. The lowest BCUT2D eigenvalue weighted by Gasteiger charge is -2.28. The van der Waals surface area contributed by atoms with Crippen molar-refractivity contribution in [3.05, 3.63) is 0 Å². The third kappa shape index (κ3) is 9.90. The molecule has 0 bridgehead atoms. The Morgan fingerprint density at radius 3 is 1.39 bits per heavy atom. The summed E-state index contributed by atoms with van der Waals surface area (Å²) in [4.78, 5) is 0. The quantitative estimate of drug-likeness (QED) is 0.481. The Kier molecular flexibility index (Phi) is 11.9. The summed E-state index contributed by atoms with van der Waals surface area (Å²) in [6.07, 6.45) is 15.4. The van der Waals surface area contributed by atoms with Gasteiger partial charge in [0.05, 0.1) is 0 Å². The molecule has 0 rings (SSSR count). The molecular weight excluding hydrogens is 220 g/mol. The molecule has 4 N–H and O–H groups in total. The highest BCUT2D eigenvalue weighted by Crippen LogP contribution is 2.20. The smallest absolute Gasteiger partial charge is 0.0278 e. The Balaban J connectivity index is 3.60. The van der Waals surface area contributed by atoms with Crippen molar-refractivity contribution in [3.63, 3.8) is 0 Å². The minimum Gasteiger partial charge on any atom is -0.329 e. The lowest BCUT2D eigenvalue weighted by atomic mass is 9.87. The van der Waals surface area contributed by atoms with E-state index in [0.29, 0.717) is 6.54 Å². The number of rotatable bonds is 13. The van der Waals surface area contributed by atoms with Gasteiger partial charge in [-0.1, -0.05) is 78.1 Å². The summed E-state index contributed by atoms with van der Waals surface area (Å²) in [6.45, 7) is 5.15. The number of hydrogen-bond donors (Lipinski definition) is 2. The van der Waals surface area contributed by atoms with Crippen LogP contribution in [0.15, 0.2) is 0 Å². The Morgan fingerprint density at radius 2 is 1.06 bits per heavy atom. The average molecular weight is 256 g/mol. The van der Waals surface area contributed by atoms with Crippen LogP contribution in [0.2, 0.25) is 0 Å². The number of hydrogen-bond acceptors (Lipinski definition) is 2. The molecule has 0 unspecified atom stereocenters. The van der Waals surface area contributed by atoms with Crippen LogP contribution in [-0.4, -0.2) is 12.1 Å². The Bertz CT molecular complexity index is 154. The molecule has 0 amide bonds. The van der Waals surface area contributed by atoms with Crippen molar-refractivity contribution in [2.45, 2.75) is 96.4 Å². The van der Waals surface area contributed by atoms with Crippen molar-refractivity contribution in [2.75, 3.05) is 6.54 Å². The zero-order valence-corrected chi connectivity index (χ0v) is 12.8. The topological polar surface area (TPSA) is 52.0 Å². The first-order chi connectivity index (χ1) is 8.68. The lowest BCUT2D eigenvalue weighted by Crippen LogP contribution is -2.46. The van der Waals surface area contributed by atoms with Crippen LogP contribution in [-0.2, 0) is 0 Å². The Hall–Kier alpha value is -0.0800. The van der Waals surface area contributed by atoms with Crippen LogP contribution in [0.1, 0.15) is 90.9 Å². The largest absolute Gasteiger partial charge is 0.329 e. The molecule has 0 aromatic heterocycles. The van der Waals surface area contributed by atoms with Crippen LogP contribution >= 0.6 is 0 Å². The SMILES string of the molecule is CCCCCCCC(N)(CN)CCCCCCC. The normalized spacial score (nSPS) is 12.0. The highest BCUT2D eigenvalue weighted by atomic mass is 14.8.